The molecule has 0 spiro atoms. The molecule has 0 aliphatic heterocycles. The molecule has 0 bridgehead atoms. The number of anilines is 1. The minimum absolute atomic E-state index is 0.137. The van der Waals surface area contributed by atoms with Crippen LogP contribution < -0.4 is 14.8 Å². The Morgan fingerprint density at radius 2 is 1.84 bits per heavy atom. The fraction of sp³-hybridized carbons (Fsp3) is 0.500. The lowest BCUT2D eigenvalue weighted by molar-refractivity contribution is -0.384. The predicted octanol–water partition coefficient (Wildman–Crippen LogP) is 1.79. The van der Waals surface area contributed by atoms with Crippen molar-refractivity contribution in [1.29, 1.82) is 0 Å². The highest BCUT2D eigenvalue weighted by molar-refractivity contribution is 5.68. The topological polar surface area (TPSA) is 93.9 Å². The van der Waals surface area contributed by atoms with Crippen LogP contribution in [0, 0.1) is 10.1 Å². The number of hydrogen-bond donors (Lipinski definition) is 2. The van der Waals surface area contributed by atoms with E-state index in [0.717, 1.165) is 0 Å². The first-order valence-corrected chi connectivity index (χ1v) is 5.65. The summed E-state index contributed by atoms with van der Waals surface area (Å²) >= 11 is 0. The molecule has 7 nitrogen and oxygen atoms in total. The van der Waals surface area contributed by atoms with Crippen molar-refractivity contribution in [3.8, 4) is 11.5 Å². The van der Waals surface area contributed by atoms with E-state index < -0.39 is 10.5 Å². The smallest absolute Gasteiger partial charge is 0.296 e. The van der Waals surface area contributed by atoms with Gasteiger partial charge in [0.2, 0.25) is 0 Å². The van der Waals surface area contributed by atoms with Gasteiger partial charge in [0.05, 0.1) is 30.8 Å². The van der Waals surface area contributed by atoms with Crippen molar-refractivity contribution in [1.82, 2.24) is 0 Å². The van der Waals surface area contributed by atoms with E-state index >= 15 is 0 Å². The van der Waals surface area contributed by atoms with Crippen LogP contribution in [0.2, 0.25) is 0 Å². The zero-order valence-corrected chi connectivity index (χ0v) is 11.4. The van der Waals surface area contributed by atoms with Crippen LogP contribution in [0.5, 0.6) is 11.5 Å². The summed E-state index contributed by atoms with van der Waals surface area (Å²) in [7, 11) is 2.86. The third-order valence-electron chi connectivity index (χ3n) is 2.41. The zero-order valence-electron chi connectivity index (χ0n) is 11.4. The minimum Gasteiger partial charge on any atom is -0.493 e. The molecule has 0 unspecified atom stereocenters. The molecule has 0 saturated carbocycles. The van der Waals surface area contributed by atoms with Gasteiger partial charge in [0.15, 0.2) is 11.5 Å². The van der Waals surface area contributed by atoms with Crippen molar-refractivity contribution in [2.24, 2.45) is 0 Å². The van der Waals surface area contributed by atoms with Gasteiger partial charge in [-0.25, -0.2) is 0 Å². The molecule has 7 heteroatoms. The van der Waals surface area contributed by atoms with E-state index in [-0.39, 0.29) is 23.7 Å². The molecule has 1 aromatic carbocycles. The lowest BCUT2D eigenvalue weighted by Crippen LogP contribution is -2.29. The molecular weight excluding hydrogens is 252 g/mol. The van der Waals surface area contributed by atoms with E-state index in [2.05, 4.69) is 5.32 Å². The molecule has 0 aliphatic carbocycles. The summed E-state index contributed by atoms with van der Waals surface area (Å²) in [6.45, 7) is 3.38. The summed E-state index contributed by atoms with van der Waals surface area (Å²) in [5.41, 5.74) is -0.854. The number of ether oxygens (including phenoxy) is 2. The highest BCUT2D eigenvalue weighted by atomic mass is 16.6. The highest BCUT2D eigenvalue weighted by Gasteiger charge is 2.21. The number of nitrogens with one attached hydrogen (secondary N) is 1. The van der Waals surface area contributed by atoms with Gasteiger partial charge in [-0.05, 0) is 13.8 Å². The van der Waals surface area contributed by atoms with Gasteiger partial charge in [0.25, 0.3) is 5.69 Å². The minimum atomic E-state index is -0.985. The Bertz CT molecular complexity index is 468. The average molecular weight is 270 g/mol. The zero-order chi connectivity index (χ0) is 14.6. The van der Waals surface area contributed by atoms with Crippen LogP contribution in [-0.4, -0.2) is 36.4 Å². The standard InChI is InChI=1S/C12H18N2O5/c1-12(2,15)7-13-8-5-10(18-3)11(19-4)6-9(8)14(16)17/h5-6,13,15H,7H2,1-4H3. The predicted molar refractivity (Wildman–Crippen MR) is 71.0 cm³/mol. The van der Waals surface area contributed by atoms with Crippen LogP contribution in [0.15, 0.2) is 12.1 Å². The third-order valence-corrected chi connectivity index (χ3v) is 2.41. The Morgan fingerprint density at radius 1 is 1.32 bits per heavy atom. The molecule has 0 saturated heterocycles. The summed E-state index contributed by atoms with van der Waals surface area (Å²) in [6.07, 6.45) is 0. The van der Waals surface area contributed by atoms with Gasteiger partial charge in [-0.15, -0.1) is 0 Å². The van der Waals surface area contributed by atoms with E-state index in [1.165, 1.54) is 26.4 Å². The number of aliphatic hydroxyl groups is 1. The Balaban J connectivity index is 3.16. The summed E-state index contributed by atoms with van der Waals surface area (Å²) in [4.78, 5) is 10.5. The van der Waals surface area contributed by atoms with Crippen LogP contribution in [0.4, 0.5) is 11.4 Å². The number of nitro groups is 1. The molecule has 0 fully saturated rings. The molecule has 1 aromatic rings. The third kappa shape index (κ3) is 3.99. The first-order chi connectivity index (χ1) is 8.78. The molecule has 0 amide bonds. The normalized spacial score (nSPS) is 11.0. The van der Waals surface area contributed by atoms with E-state index in [1.807, 2.05) is 0 Å². The van der Waals surface area contributed by atoms with Gasteiger partial charge >= 0.3 is 0 Å². The number of rotatable bonds is 6. The summed E-state index contributed by atoms with van der Waals surface area (Å²) in [5, 5.41) is 23.5. The largest absolute Gasteiger partial charge is 0.493 e. The Labute approximate surface area is 111 Å². The van der Waals surface area contributed by atoms with E-state index in [1.54, 1.807) is 13.8 Å². The second-order valence-electron chi connectivity index (χ2n) is 4.65. The first-order valence-electron chi connectivity index (χ1n) is 5.65. The summed E-state index contributed by atoms with van der Waals surface area (Å²) < 4.78 is 10.1. The van der Waals surface area contributed by atoms with Gasteiger partial charge in [0, 0.05) is 12.6 Å². The lowest BCUT2D eigenvalue weighted by Gasteiger charge is -2.19. The van der Waals surface area contributed by atoms with E-state index in [9.17, 15) is 15.2 Å². The molecule has 1 rings (SSSR count). The quantitative estimate of drug-likeness (QED) is 0.604. The number of nitro benzene ring substituents is 1. The molecular formula is C12H18N2O5. The van der Waals surface area contributed by atoms with Gasteiger partial charge in [-0.1, -0.05) is 0 Å². The highest BCUT2D eigenvalue weighted by Crippen LogP contribution is 2.37. The van der Waals surface area contributed by atoms with Crippen LogP contribution >= 0.6 is 0 Å². The molecule has 0 aromatic heterocycles. The SMILES string of the molecule is COc1cc(NCC(C)(C)O)c([N+](=O)[O-])cc1OC. The van der Waals surface area contributed by atoms with E-state index in [4.69, 9.17) is 9.47 Å². The number of benzene rings is 1. The molecule has 0 radical (unpaired) electrons. The fourth-order valence-electron chi connectivity index (χ4n) is 1.47. The van der Waals surface area contributed by atoms with Gasteiger partial charge in [-0.2, -0.15) is 0 Å². The van der Waals surface area contributed by atoms with Crippen LogP contribution in [0.1, 0.15) is 13.8 Å². The maximum absolute atomic E-state index is 11.0. The maximum Gasteiger partial charge on any atom is 0.296 e. The average Bonchev–Trinajstić information content (AvgIpc) is 2.33. The van der Waals surface area contributed by atoms with Crippen molar-refractivity contribution >= 4 is 11.4 Å². The summed E-state index contributed by atoms with van der Waals surface area (Å²) in [6, 6.07) is 2.76. The van der Waals surface area contributed by atoms with Crippen molar-refractivity contribution in [3.63, 3.8) is 0 Å². The van der Waals surface area contributed by atoms with Crippen molar-refractivity contribution in [3.05, 3.63) is 22.2 Å². The number of nitrogens with zero attached hydrogens (tertiary/aromatic N) is 1. The molecule has 0 aliphatic rings. The van der Waals surface area contributed by atoms with Crippen molar-refractivity contribution < 1.29 is 19.5 Å². The van der Waals surface area contributed by atoms with Gasteiger partial charge < -0.3 is 19.9 Å². The second-order valence-corrected chi connectivity index (χ2v) is 4.65. The summed E-state index contributed by atoms with van der Waals surface area (Å²) in [5.74, 6) is 0.661. The molecule has 0 atom stereocenters. The first kappa shape index (κ1) is 15.0. The van der Waals surface area contributed by atoms with Crippen LogP contribution in [-0.2, 0) is 0 Å². The molecule has 19 heavy (non-hydrogen) atoms. The molecule has 2 N–H and O–H groups in total. The molecule has 106 valence electrons. The van der Waals surface area contributed by atoms with E-state index in [0.29, 0.717) is 5.75 Å². The van der Waals surface area contributed by atoms with Gasteiger partial charge in [-0.3, -0.25) is 10.1 Å². The fourth-order valence-corrected chi connectivity index (χ4v) is 1.47. The van der Waals surface area contributed by atoms with Crippen LogP contribution in [0.25, 0.3) is 0 Å². The van der Waals surface area contributed by atoms with Crippen molar-refractivity contribution in [2.75, 3.05) is 26.1 Å². The van der Waals surface area contributed by atoms with Gasteiger partial charge in [0.1, 0.15) is 5.69 Å². The Kier molecular flexibility index (Phi) is 4.55. The maximum atomic E-state index is 11.0. The molecule has 0 heterocycles. The second kappa shape index (κ2) is 5.75. The Hall–Kier alpha value is -2.02. The lowest BCUT2D eigenvalue weighted by atomic mass is 10.1. The number of hydrogen-bond acceptors (Lipinski definition) is 6. The monoisotopic (exact) mass is 270 g/mol. The van der Waals surface area contributed by atoms with Crippen LogP contribution in [0.3, 0.4) is 0 Å². The van der Waals surface area contributed by atoms with Crippen molar-refractivity contribution in [2.45, 2.75) is 19.4 Å². The number of methoxy groups -OCH3 is 2. The Morgan fingerprint density at radius 3 is 2.26 bits per heavy atom.